The van der Waals surface area contributed by atoms with Gasteiger partial charge in [0, 0.05) is 19.6 Å². The maximum Gasteiger partial charge on any atom is 0.126 e. The van der Waals surface area contributed by atoms with Gasteiger partial charge >= 0.3 is 0 Å². The number of likely N-dealkylation sites (tertiary alicyclic amines) is 2. The first-order valence-corrected chi connectivity index (χ1v) is 8.17. The summed E-state index contributed by atoms with van der Waals surface area (Å²) in [6.07, 6.45) is 2.65. The van der Waals surface area contributed by atoms with Gasteiger partial charge in [0.05, 0.1) is 0 Å². The molecule has 116 valence electrons. The van der Waals surface area contributed by atoms with Crippen LogP contribution >= 0.6 is 0 Å². The molecule has 0 aliphatic carbocycles. The summed E-state index contributed by atoms with van der Waals surface area (Å²) in [6.45, 7) is 9.94. The van der Waals surface area contributed by atoms with Crippen molar-refractivity contribution in [3.8, 4) is 0 Å². The van der Waals surface area contributed by atoms with Crippen molar-refractivity contribution < 1.29 is 4.39 Å². The van der Waals surface area contributed by atoms with E-state index in [1.165, 1.54) is 44.6 Å². The summed E-state index contributed by atoms with van der Waals surface area (Å²) >= 11 is 0. The largest absolute Gasteiger partial charge is 0.306 e. The number of benzene rings is 1. The Morgan fingerprint density at radius 2 is 1.95 bits per heavy atom. The third-order valence-electron chi connectivity index (χ3n) is 5.24. The molecule has 0 N–H and O–H groups in total. The first kappa shape index (κ1) is 15.0. The van der Waals surface area contributed by atoms with Crippen molar-refractivity contribution in [2.24, 2.45) is 5.41 Å². The molecule has 3 heteroatoms. The van der Waals surface area contributed by atoms with Crippen molar-refractivity contribution >= 4 is 0 Å². The molecular formula is C18H27FN2. The second kappa shape index (κ2) is 5.69. The highest BCUT2D eigenvalue weighted by Gasteiger charge is 2.42. The van der Waals surface area contributed by atoms with Crippen molar-refractivity contribution in [1.29, 1.82) is 0 Å². The number of rotatable bonds is 3. The monoisotopic (exact) mass is 290 g/mol. The van der Waals surface area contributed by atoms with E-state index in [0.29, 0.717) is 5.41 Å². The van der Waals surface area contributed by atoms with Gasteiger partial charge in [-0.3, -0.25) is 4.90 Å². The molecule has 1 spiro atoms. The van der Waals surface area contributed by atoms with Gasteiger partial charge in [-0.1, -0.05) is 26.0 Å². The minimum Gasteiger partial charge on any atom is -0.306 e. The second-order valence-corrected chi connectivity index (χ2v) is 7.46. The molecule has 0 radical (unpaired) electrons. The van der Waals surface area contributed by atoms with Crippen molar-refractivity contribution in [2.75, 3.05) is 33.2 Å². The highest BCUT2D eigenvalue weighted by molar-refractivity contribution is 5.27. The fraction of sp³-hybridized carbons (Fsp3) is 0.667. The minimum absolute atomic E-state index is 0.0657. The highest BCUT2D eigenvalue weighted by atomic mass is 19.1. The van der Waals surface area contributed by atoms with Crippen LogP contribution < -0.4 is 0 Å². The molecule has 2 nitrogen and oxygen atoms in total. The Bertz CT molecular complexity index is 514. The molecule has 0 bridgehead atoms. The van der Waals surface area contributed by atoms with Crippen LogP contribution in [0.25, 0.3) is 0 Å². The van der Waals surface area contributed by atoms with Crippen LogP contribution in [-0.4, -0.2) is 43.0 Å². The predicted molar refractivity (Wildman–Crippen MR) is 84.9 cm³/mol. The Morgan fingerprint density at radius 3 is 2.62 bits per heavy atom. The SMILES string of the molecule is CC(C)c1cc(CN2CCC3(CCN(C)C3)C2)ccc1F. The normalized spacial score (nSPS) is 27.3. The first-order valence-electron chi connectivity index (χ1n) is 8.17. The molecular weight excluding hydrogens is 263 g/mol. The van der Waals surface area contributed by atoms with Gasteiger partial charge in [0.15, 0.2) is 0 Å². The number of hydrogen-bond acceptors (Lipinski definition) is 2. The van der Waals surface area contributed by atoms with Crippen LogP contribution in [0.1, 0.15) is 43.7 Å². The van der Waals surface area contributed by atoms with Crippen molar-refractivity contribution in [2.45, 2.75) is 39.2 Å². The minimum atomic E-state index is -0.0657. The molecule has 0 aromatic heterocycles. The standard InChI is InChI=1S/C18H27FN2/c1-14(2)16-10-15(4-5-17(16)19)11-21-9-7-18(13-21)6-8-20(3)12-18/h4-5,10,14H,6-9,11-13H2,1-3H3. The van der Waals surface area contributed by atoms with E-state index in [-0.39, 0.29) is 11.7 Å². The Labute approximate surface area is 127 Å². The summed E-state index contributed by atoms with van der Waals surface area (Å²) in [4.78, 5) is 5.01. The summed E-state index contributed by atoms with van der Waals surface area (Å²) in [5, 5.41) is 0. The topological polar surface area (TPSA) is 6.48 Å². The van der Waals surface area contributed by atoms with Crippen LogP contribution in [0, 0.1) is 11.2 Å². The van der Waals surface area contributed by atoms with Crippen LogP contribution in [-0.2, 0) is 6.54 Å². The van der Waals surface area contributed by atoms with Crippen LogP contribution in [0.2, 0.25) is 0 Å². The maximum atomic E-state index is 13.8. The fourth-order valence-corrected chi connectivity index (χ4v) is 4.05. The molecule has 0 saturated carbocycles. The van der Waals surface area contributed by atoms with E-state index >= 15 is 0 Å². The third-order valence-corrected chi connectivity index (χ3v) is 5.24. The van der Waals surface area contributed by atoms with E-state index in [0.717, 1.165) is 12.1 Å². The molecule has 2 aliphatic rings. The maximum absolute atomic E-state index is 13.8. The summed E-state index contributed by atoms with van der Waals surface area (Å²) in [7, 11) is 2.23. The van der Waals surface area contributed by atoms with Crippen molar-refractivity contribution in [1.82, 2.24) is 9.80 Å². The molecule has 0 amide bonds. The third kappa shape index (κ3) is 3.14. The van der Waals surface area contributed by atoms with E-state index in [9.17, 15) is 4.39 Å². The zero-order chi connectivity index (χ0) is 15.0. The summed E-state index contributed by atoms with van der Waals surface area (Å²) < 4.78 is 13.8. The summed E-state index contributed by atoms with van der Waals surface area (Å²) in [5.41, 5.74) is 2.63. The van der Waals surface area contributed by atoms with Crippen LogP contribution in [0.4, 0.5) is 4.39 Å². The van der Waals surface area contributed by atoms with Crippen LogP contribution in [0.3, 0.4) is 0 Å². The molecule has 2 fully saturated rings. The molecule has 21 heavy (non-hydrogen) atoms. The smallest absolute Gasteiger partial charge is 0.126 e. The van der Waals surface area contributed by atoms with Gasteiger partial charge in [0.25, 0.3) is 0 Å². The predicted octanol–water partition coefficient (Wildman–Crippen LogP) is 3.48. The average molecular weight is 290 g/mol. The van der Waals surface area contributed by atoms with Crippen molar-refractivity contribution in [3.63, 3.8) is 0 Å². The molecule has 1 aromatic carbocycles. The number of nitrogens with zero attached hydrogens (tertiary/aromatic N) is 2. The lowest BCUT2D eigenvalue weighted by molar-refractivity contribution is 0.250. The van der Waals surface area contributed by atoms with Gasteiger partial charge in [-0.2, -0.15) is 0 Å². The molecule has 2 aliphatic heterocycles. The average Bonchev–Trinajstić information content (AvgIpc) is 2.99. The zero-order valence-corrected chi connectivity index (χ0v) is 13.5. The molecule has 1 atom stereocenters. The van der Waals surface area contributed by atoms with E-state index in [1.807, 2.05) is 6.07 Å². The van der Waals surface area contributed by atoms with Crippen LogP contribution in [0.5, 0.6) is 0 Å². The molecule has 1 aromatic rings. The van der Waals surface area contributed by atoms with Gasteiger partial charge in [-0.15, -0.1) is 0 Å². The number of halogens is 1. The fourth-order valence-electron chi connectivity index (χ4n) is 4.05. The van der Waals surface area contributed by atoms with E-state index in [1.54, 1.807) is 6.07 Å². The summed E-state index contributed by atoms with van der Waals surface area (Å²) in [6, 6.07) is 5.65. The van der Waals surface area contributed by atoms with Gasteiger partial charge < -0.3 is 4.90 Å². The van der Waals surface area contributed by atoms with Gasteiger partial charge in [0.2, 0.25) is 0 Å². The highest BCUT2D eigenvalue weighted by Crippen LogP contribution is 2.39. The van der Waals surface area contributed by atoms with E-state index in [2.05, 4.69) is 36.8 Å². The van der Waals surface area contributed by atoms with E-state index < -0.39 is 0 Å². The Morgan fingerprint density at radius 1 is 1.19 bits per heavy atom. The second-order valence-electron chi connectivity index (χ2n) is 7.46. The lowest BCUT2D eigenvalue weighted by atomic mass is 9.86. The van der Waals surface area contributed by atoms with Gasteiger partial charge in [-0.25, -0.2) is 4.39 Å². The zero-order valence-electron chi connectivity index (χ0n) is 13.5. The molecule has 2 heterocycles. The molecule has 1 unspecified atom stereocenters. The number of hydrogen-bond donors (Lipinski definition) is 0. The van der Waals surface area contributed by atoms with E-state index in [4.69, 9.17) is 0 Å². The van der Waals surface area contributed by atoms with Gasteiger partial charge in [-0.05, 0) is 61.5 Å². The van der Waals surface area contributed by atoms with Gasteiger partial charge in [0.1, 0.15) is 5.82 Å². The summed E-state index contributed by atoms with van der Waals surface area (Å²) in [5.74, 6) is 0.183. The Balaban J connectivity index is 1.67. The van der Waals surface area contributed by atoms with Crippen molar-refractivity contribution in [3.05, 3.63) is 35.1 Å². The Kier molecular flexibility index (Phi) is 4.06. The Hall–Kier alpha value is -0.930. The molecule has 2 saturated heterocycles. The first-order chi connectivity index (χ1) is 9.97. The lowest BCUT2D eigenvalue weighted by Crippen LogP contribution is -2.29. The lowest BCUT2D eigenvalue weighted by Gasteiger charge is -2.24. The van der Waals surface area contributed by atoms with Crippen LogP contribution in [0.15, 0.2) is 18.2 Å². The molecule has 3 rings (SSSR count). The quantitative estimate of drug-likeness (QED) is 0.841.